The minimum atomic E-state index is -4.35. The minimum Gasteiger partial charge on any atom is -0.387 e. The largest absolute Gasteiger partial charge is 0.472 e. The van der Waals surface area contributed by atoms with Gasteiger partial charge in [-0.25, -0.2) is 4.57 Å². The van der Waals surface area contributed by atoms with E-state index in [4.69, 9.17) is 9.05 Å². The Morgan fingerprint density at radius 2 is 1.00 bits per heavy atom. The Hall–Kier alpha value is -1.54. The third kappa shape index (κ3) is 40.5. The number of aliphatic hydroxyl groups is 1. The van der Waals surface area contributed by atoms with Crippen LogP contribution in [-0.2, 0) is 18.4 Å². The van der Waals surface area contributed by atoms with E-state index < -0.39 is 20.0 Å². The second-order valence-corrected chi connectivity index (χ2v) is 17.9. The molecule has 0 aliphatic heterocycles. The van der Waals surface area contributed by atoms with E-state index in [1.807, 2.05) is 27.2 Å². The SMILES string of the molecule is CCCCCC/C=C\CCCCCCCCCC(=O)NC(COP(=O)(O)OCC[N+](C)(C)C)C(O)/C=C/CC/C=C/CC/C=C/CCCCCCCCCC. The number of phosphoric ester groups is 1. The van der Waals surface area contributed by atoms with Gasteiger partial charge in [0.05, 0.1) is 39.9 Å². The Morgan fingerprint density at radius 1 is 0.600 bits per heavy atom. The molecular formula is C46H88N2O6P+. The van der Waals surface area contributed by atoms with E-state index in [9.17, 15) is 19.4 Å². The third-order valence-electron chi connectivity index (χ3n) is 9.75. The van der Waals surface area contributed by atoms with Gasteiger partial charge in [0.2, 0.25) is 5.91 Å². The summed E-state index contributed by atoms with van der Waals surface area (Å²) in [5.74, 6) is -0.198. The first-order valence-electron chi connectivity index (χ1n) is 22.5. The van der Waals surface area contributed by atoms with Gasteiger partial charge in [-0.2, -0.15) is 0 Å². The molecule has 9 heteroatoms. The summed E-state index contributed by atoms with van der Waals surface area (Å²) >= 11 is 0. The number of aliphatic hydroxyl groups excluding tert-OH is 1. The van der Waals surface area contributed by atoms with Crippen molar-refractivity contribution in [1.82, 2.24) is 5.32 Å². The first kappa shape index (κ1) is 53.5. The molecule has 0 aliphatic carbocycles. The summed E-state index contributed by atoms with van der Waals surface area (Å²) < 4.78 is 23.5. The van der Waals surface area contributed by atoms with Crippen molar-refractivity contribution in [2.75, 3.05) is 40.9 Å². The highest BCUT2D eigenvalue weighted by atomic mass is 31.2. The molecule has 3 atom stereocenters. The van der Waals surface area contributed by atoms with Gasteiger partial charge in [-0.05, 0) is 70.6 Å². The lowest BCUT2D eigenvalue weighted by atomic mass is 10.1. The maximum Gasteiger partial charge on any atom is 0.472 e. The summed E-state index contributed by atoms with van der Waals surface area (Å²) in [7, 11) is 1.54. The number of carbonyl (C=O) groups is 1. The summed E-state index contributed by atoms with van der Waals surface area (Å²) in [6.45, 7) is 4.75. The van der Waals surface area contributed by atoms with Crippen LogP contribution in [-0.4, -0.2) is 73.4 Å². The molecule has 0 aromatic heterocycles. The maximum atomic E-state index is 12.9. The third-order valence-corrected chi connectivity index (χ3v) is 10.7. The molecule has 0 fully saturated rings. The van der Waals surface area contributed by atoms with E-state index in [2.05, 4.69) is 55.6 Å². The number of hydrogen-bond acceptors (Lipinski definition) is 5. The van der Waals surface area contributed by atoms with Crippen LogP contribution >= 0.6 is 7.82 Å². The van der Waals surface area contributed by atoms with E-state index in [-0.39, 0.29) is 19.1 Å². The molecule has 3 unspecified atom stereocenters. The first-order valence-corrected chi connectivity index (χ1v) is 24.0. The number of likely N-dealkylation sites (N-methyl/N-ethyl adjacent to an activating group) is 1. The number of nitrogens with one attached hydrogen (secondary N) is 1. The Bertz CT molecular complexity index is 1040. The van der Waals surface area contributed by atoms with Crippen molar-refractivity contribution >= 4 is 13.7 Å². The molecule has 55 heavy (non-hydrogen) atoms. The summed E-state index contributed by atoms with van der Waals surface area (Å²) in [6, 6.07) is -0.871. The number of rotatable bonds is 40. The van der Waals surface area contributed by atoms with Gasteiger partial charge in [-0.1, -0.05) is 159 Å². The van der Waals surface area contributed by atoms with Crippen molar-refractivity contribution in [3.8, 4) is 0 Å². The lowest BCUT2D eigenvalue weighted by Gasteiger charge is -2.25. The molecule has 0 saturated carbocycles. The summed E-state index contributed by atoms with van der Waals surface area (Å²) in [4.78, 5) is 23.1. The molecule has 0 radical (unpaired) electrons. The van der Waals surface area contributed by atoms with Gasteiger partial charge in [0.25, 0.3) is 0 Å². The molecule has 0 saturated heterocycles. The normalized spacial score (nSPS) is 14.8. The molecule has 0 aliphatic rings. The van der Waals surface area contributed by atoms with E-state index in [1.165, 1.54) is 122 Å². The number of unbranched alkanes of at least 4 members (excludes halogenated alkanes) is 21. The van der Waals surface area contributed by atoms with Crippen molar-refractivity contribution in [3.63, 3.8) is 0 Å². The van der Waals surface area contributed by atoms with Crippen molar-refractivity contribution in [1.29, 1.82) is 0 Å². The number of nitrogens with zero attached hydrogens (tertiary/aromatic N) is 1. The van der Waals surface area contributed by atoms with Crippen LogP contribution in [0.1, 0.15) is 187 Å². The van der Waals surface area contributed by atoms with Gasteiger partial charge in [0.15, 0.2) is 0 Å². The maximum absolute atomic E-state index is 12.9. The van der Waals surface area contributed by atoms with Gasteiger partial charge >= 0.3 is 7.82 Å². The van der Waals surface area contributed by atoms with E-state index in [0.29, 0.717) is 17.4 Å². The highest BCUT2D eigenvalue weighted by Gasteiger charge is 2.27. The quantitative estimate of drug-likeness (QED) is 0.0247. The molecule has 0 rings (SSSR count). The average Bonchev–Trinajstić information content (AvgIpc) is 3.13. The lowest BCUT2D eigenvalue weighted by Crippen LogP contribution is -2.45. The number of allylic oxidation sites excluding steroid dienone is 7. The van der Waals surface area contributed by atoms with Crippen molar-refractivity contribution in [3.05, 3.63) is 48.6 Å². The molecule has 3 N–H and O–H groups in total. The average molecular weight is 796 g/mol. The predicted octanol–water partition coefficient (Wildman–Crippen LogP) is 12.5. The molecule has 0 aromatic carbocycles. The molecule has 322 valence electrons. The number of hydrogen-bond donors (Lipinski definition) is 3. The zero-order valence-corrected chi connectivity index (χ0v) is 37.3. The standard InChI is InChI=1S/C46H87N2O6P/c1-6-8-10-12-14-16-18-20-22-23-24-26-27-29-31-33-35-37-39-45(49)44(43-54-55(51,52)53-42-41-48(3,4)5)47-46(50)40-38-36-34-32-30-28-25-21-19-17-15-13-11-9-7-2/h17,19,23-24,29,31,37,39,44-45,49H,6-16,18,20-22,25-28,30,32-36,38,40-43H2,1-5H3,(H-,47,50,51,52)/p+1/b19-17-,24-23+,31-29+,39-37+. The van der Waals surface area contributed by atoms with E-state index in [1.54, 1.807) is 6.08 Å². The first-order chi connectivity index (χ1) is 26.5. The fraction of sp³-hybridized carbons (Fsp3) is 0.804. The lowest BCUT2D eigenvalue weighted by molar-refractivity contribution is -0.870. The van der Waals surface area contributed by atoms with Gasteiger partial charge < -0.3 is 19.8 Å². The van der Waals surface area contributed by atoms with Crippen LogP contribution < -0.4 is 5.32 Å². The molecule has 0 bridgehead atoms. The van der Waals surface area contributed by atoms with Crippen molar-refractivity contribution in [2.45, 2.75) is 199 Å². The fourth-order valence-corrected chi connectivity index (χ4v) is 6.86. The molecule has 0 spiro atoms. The Kier molecular flexibility index (Phi) is 36.9. The Labute approximate surface area is 339 Å². The zero-order chi connectivity index (χ0) is 40.7. The van der Waals surface area contributed by atoms with Crippen LogP contribution in [0.4, 0.5) is 0 Å². The minimum absolute atomic E-state index is 0.0517. The summed E-state index contributed by atoms with van der Waals surface area (Å²) in [6.07, 6.45) is 47.5. The molecule has 1 amide bonds. The molecule has 0 heterocycles. The van der Waals surface area contributed by atoms with Crippen molar-refractivity contribution < 1.29 is 32.9 Å². The van der Waals surface area contributed by atoms with Gasteiger partial charge in [-0.3, -0.25) is 13.8 Å². The fourth-order valence-electron chi connectivity index (χ4n) is 6.12. The number of phosphoric acid groups is 1. The summed E-state index contributed by atoms with van der Waals surface area (Å²) in [5.41, 5.74) is 0. The van der Waals surface area contributed by atoms with Gasteiger partial charge in [0.1, 0.15) is 13.2 Å². The number of carbonyl (C=O) groups excluding carboxylic acids is 1. The van der Waals surface area contributed by atoms with Crippen LogP contribution in [0.5, 0.6) is 0 Å². The van der Waals surface area contributed by atoms with Crippen LogP contribution in [0.25, 0.3) is 0 Å². The predicted molar refractivity (Wildman–Crippen MR) is 235 cm³/mol. The van der Waals surface area contributed by atoms with Crippen LogP contribution in [0, 0.1) is 0 Å². The Balaban J connectivity index is 4.52. The highest BCUT2D eigenvalue weighted by molar-refractivity contribution is 7.47. The van der Waals surface area contributed by atoms with Crippen LogP contribution in [0.15, 0.2) is 48.6 Å². The number of amides is 1. The molecule has 8 nitrogen and oxygen atoms in total. The monoisotopic (exact) mass is 796 g/mol. The van der Waals surface area contributed by atoms with Crippen molar-refractivity contribution in [2.24, 2.45) is 0 Å². The van der Waals surface area contributed by atoms with Crippen LogP contribution in [0.3, 0.4) is 0 Å². The zero-order valence-electron chi connectivity index (χ0n) is 36.4. The highest BCUT2D eigenvalue weighted by Crippen LogP contribution is 2.43. The summed E-state index contributed by atoms with van der Waals surface area (Å²) in [5, 5.41) is 13.8. The second kappa shape index (κ2) is 38.0. The van der Waals surface area contributed by atoms with Gasteiger partial charge in [-0.15, -0.1) is 0 Å². The smallest absolute Gasteiger partial charge is 0.387 e. The van der Waals surface area contributed by atoms with E-state index in [0.717, 1.165) is 44.9 Å². The van der Waals surface area contributed by atoms with Gasteiger partial charge in [0, 0.05) is 6.42 Å². The van der Waals surface area contributed by atoms with Crippen LogP contribution in [0.2, 0.25) is 0 Å². The second-order valence-electron chi connectivity index (χ2n) is 16.4. The van der Waals surface area contributed by atoms with E-state index >= 15 is 0 Å². The molecular weight excluding hydrogens is 707 g/mol. The molecule has 0 aromatic rings. The Morgan fingerprint density at radius 3 is 1.47 bits per heavy atom. The topological polar surface area (TPSA) is 105 Å². The number of quaternary nitrogens is 1.